The van der Waals surface area contributed by atoms with Crippen molar-refractivity contribution in [3.8, 4) is 0 Å². The van der Waals surface area contributed by atoms with Crippen LogP contribution >= 0.6 is 0 Å². The molecular formula is C20H31F3N2O. The van der Waals surface area contributed by atoms with Crippen LogP contribution < -0.4 is 5.32 Å². The molecule has 1 heterocycles. The second-order valence-corrected chi connectivity index (χ2v) is 9.65. The average Bonchev–Trinajstić information content (AvgIpc) is 2.58. The molecular weight excluding hydrogens is 341 g/mol. The summed E-state index contributed by atoms with van der Waals surface area (Å²) in [6.45, 7) is 2.44. The molecule has 1 aliphatic heterocycles. The maximum absolute atomic E-state index is 13.9. The van der Waals surface area contributed by atoms with Gasteiger partial charge in [0.25, 0.3) is 0 Å². The van der Waals surface area contributed by atoms with Gasteiger partial charge in [0.2, 0.25) is 5.91 Å². The van der Waals surface area contributed by atoms with E-state index >= 15 is 0 Å². The Morgan fingerprint density at radius 1 is 1.12 bits per heavy atom. The molecule has 1 amide bonds. The van der Waals surface area contributed by atoms with Crippen LogP contribution in [0.1, 0.15) is 57.8 Å². The summed E-state index contributed by atoms with van der Waals surface area (Å²) in [5.41, 5.74) is -2.31. The molecule has 5 aliphatic rings. The molecule has 0 aromatic carbocycles. The van der Waals surface area contributed by atoms with Crippen LogP contribution in [0.5, 0.6) is 0 Å². The minimum Gasteiger partial charge on any atom is -0.342 e. The van der Waals surface area contributed by atoms with Crippen molar-refractivity contribution in [1.29, 1.82) is 0 Å². The molecule has 5 fully saturated rings. The van der Waals surface area contributed by atoms with Crippen LogP contribution in [0.3, 0.4) is 0 Å². The molecule has 4 aliphatic carbocycles. The van der Waals surface area contributed by atoms with Crippen molar-refractivity contribution in [2.75, 3.05) is 26.7 Å². The Labute approximate surface area is 154 Å². The van der Waals surface area contributed by atoms with E-state index in [0.29, 0.717) is 18.8 Å². The fourth-order valence-corrected chi connectivity index (χ4v) is 6.95. The Kier molecular flexibility index (Phi) is 4.56. The van der Waals surface area contributed by atoms with Gasteiger partial charge < -0.3 is 10.2 Å². The van der Waals surface area contributed by atoms with Crippen LogP contribution in [0.25, 0.3) is 0 Å². The molecule has 0 aromatic rings. The summed E-state index contributed by atoms with van der Waals surface area (Å²) in [6, 6.07) is 0. The zero-order valence-electron chi connectivity index (χ0n) is 15.7. The second kappa shape index (κ2) is 6.39. The maximum Gasteiger partial charge on any atom is 0.394 e. The van der Waals surface area contributed by atoms with Crippen molar-refractivity contribution >= 4 is 5.91 Å². The number of halogens is 3. The van der Waals surface area contributed by atoms with Crippen LogP contribution in [0.4, 0.5) is 13.2 Å². The topological polar surface area (TPSA) is 32.3 Å². The zero-order valence-corrected chi connectivity index (χ0v) is 15.7. The number of hydrogen-bond donors (Lipinski definition) is 1. The van der Waals surface area contributed by atoms with Crippen molar-refractivity contribution in [3.05, 3.63) is 0 Å². The normalized spacial score (nSPS) is 40.2. The second-order valence-electron chi connectivity index (χ2n) is 9.65. The fraction of sp³-hybridized carbons (Fsp3) is 0.950. The summed E-state index contributed by atoms with van der Waals surface area (Å²) in [4.78, 5) is 15.3. The lowest BCUT2D eigenvalue weighted by atomic mass is 9.43. The largest absolute Gasteiger partial charge is 0.394 e. The predicted octanol–water partition coefficient (Wildman–Crippen LogP) is 3.98. The standard InChI is InChI=1S/C20H31F3N2O/c1-24-5-2-14-3-6-25(7-4-14)17(26)18-9-15-8-16(10-18)12-19(11-15,13-18)20(21,22)23/h14-16,24H,2-13H2,1H3. The van der Waals surface area contributed by atoms with Crippen LogP contribution in [0, 0.1) is 28.6 Å². The smallest absolute Gasteiger partial charge is 0.342 e. The summed E-state index contributed by atoms with van der Waals surface area (Å²) >= 11 is 0. The van der Waals surface area contributed by atoms with Gasteiger partial charge in [-0.3, -0.25) is 4.79 Å². The van der Waals surface area contributed by atoms with E-state index in [2.05, 4.69) is 5.32 Å². The van der Waals surface area contributed by atoms with Gasteiger partial charge in [0.05, 0.1) is 10.8 Å². The van der Waals surface area contributed by atoms with E-state index in [0.717, 1.165) is 45.3 Å². The molecule has 4 bridgehead atoms. The molecule has 26 heavy (non-hydrogen) atoms. The summed E-state index contributed by atoms with van der Waals surface area (Å²) < 4.78 is 41.7. The molecule has 148 valence electrons. The van der Waals surface area contributed by atoms with Gasteiger partial charge in [-0.05, 0) is 89.1 Å². The first-order chi connectivity index (χ1) is 12.3. The highest BCUT2D eigenvalue weighted by Crippen LogP contribution is 2.69. The van der Waals surface area contributed by atoms with Gasteiger partial charge in [-0.1, -0.05) is 0 Å². The van der Waals surface area contributed by atoms with Gasteiger partial charge in [0.1, 0.15) is 0 Å². The third kappa shape index (κ3) is 2.96. The Morgan fingerprint density at radius 2 is 1.73 bits per heavy atom. The third-order valence-electron chi connectivity index (χ3n) is 7.82. The highest BCUT2D eigenvalue weighted by Gasteiger charge is 2.69. The van der Waals surface area contributed by atoms with Crippen LogP contribution in [0.2, 0.25) is 0 Å². The van der Waals surface area contributed by atoms with E-state index in [1.807, 2.05) is 11.9 Å². The van der Waals surface area contributed by atoms with Gasteiger partial charge >= 0.3 is 6.18 Å². The molecule has 0 spiro atoms. The number of nitrogens with one attached hydrogen (secondary N) is 1. The summed E-state index contributed by atoms with van der Waals surface area (Å²) in [5.74, 6) is 0.863. The summed E-state index contributed by atoms with van der Waals surface area (Å²) in [6.07, 6.45) is 1.78. The number of amides is 1. The highest BCUT2D eigenvalue weighted by atomic mass is 19.4. The molecule has 1 saturated heterocycles. The SMILES string of the molecule is CNCCC1CCN(C(=O)C23CC4CC(C2)CC(C(F)(F)F)(C4)C3)CC1. The first-order valence-electron chi connectivity index (χ1n) is 10.3. The van der Waals surface area contributed by atoms with Crippen LogP contribution in [0.15, 0.2) is 0 Å². The van der Waals surface area contributed by atoms with Crippen molar-refractivity contribution < 1.29 is 18.0 Å². The van der Waals surface area contributed by atoms with E-state index in [1.165, 1.54) is 0 Å². The van der Waals surface area contributed by atoms with E-state index in [9.17, 15) is 18.0 Å². The molecule has 6 heteroatoms. The average molecular weight is 372 g/mol. The van der Waals surface area contributed by atoms with Crippen LogP contribution in [-0.2, 0) is 4.79 Å². The minimum atomic E-state index is -4.17. The number of carbonyl (C=O) groups is 1. The van der Waals surface area contributed by atoms with Crippen molar-refractivity contribution in [2.24, 2.45) is 28.6 Å². The lowest BCUT2D eigenvalue weighted by Crippen LogP contribution is -2.62. The third-order valence-corrected chi connectivity index (χ3v) is 7.82. The van der Waals surface area contributed by atoms with Crippen molar-refractivity contribution in [2.45, 2.75) is 64.0 Å². The van der Waals surface area contributed by atoms with Gasteiger partial charge in [-0.15, -0.1) is 0 Å². The van der Waals surface area contributed by atoms with E-state index in [-0.39, 0.29) is 37.0 Å². The summed E-state index contributed by atoms with van der Waals surface area (Å²) in [5, 5.41) is 3.17. The molecule has 3 nitrogen and oxygen atoms in total. The van der Waals surface area contributed by atoms with Crippen molar-refractivity contribution in [1.82, 2.24) is 10.2 Å². The predicted molar refractivity (Wildman–Crippen MR) is 93.5 cm³/mol. The number of rotatable bonds is 4. The lowest BCUT2D eigenvalue weighted by Gasteiger charge is -2.62. The molecule has 5 rings (SSSR count). The molecule has 0 radical (unpaired) electrons. The monoisotopic (exact) mass is 372 g/mol. The number of piperidine rings is 1. The van der Waals surface area contributed by atoms with Gasteiger partial charge in [0, 0.05) is 13.1 Å². The van der Waals surface area contributed by atoms with E-state index < -0.39 is 17.0 Å². The number of alkyl halides is 3. The first-order valence-corrected chi connectivity index (χ1v) is 10.3. The van der Waals surface area contributed by atoms with Gasteiger partial charge in [-0.2, -0.15) is 13.2 Å². The quantitative estimate of drug-likeness (QED) is 0.809. The first kappa shape index (κ1) is 18.6. The fourth-order valence-electron chi connectivity index (χ4n) is 6.95. The van der Waals surface area contributed by atoms with Gasteiger partial charge in [0.15, 0.2) is 0 Å². The Bertz CT molecular complexity index is 540. The highest BCUT2D eigenvalue weighted by molar-refractivity contribution is 5.83. The van der Waals surface area contributed by atoms with E-state index in [1.54, 1.807) is 0 Å². The molecule has 0 aromatic heterocycles. The van der Waals surface area contributed by atoms with Crippen molar-refractivity contribution in [3.63, 3.8) is 0 Å². The number of nitrogens with zero attached hydrogens (tertiary/aromatic N) is 1. The number of carbonyl (C=O) groups excluding carboxylic acids is 1. The van der Waals surface area contributed by atoms with Crippen LogP contribution in [-0.4, -0.2) is 43.7 Å². The molecule has 2 atom stereocenters. The van der Waals surface area contributed by atoms with E-state index in [4.69, 9.17) is 0 Å². The Morgan fingerprint density at radius 3 is 2.27 bits per heavy atom. The molecule has 2 unspecified atom stereocenters. The Balaban J connectivity index is 1.48. The number of hydrogen-bond acceptors (Lipinski definition) is 2. The van der Waals surface area contributed by atoms with Gasteiger partial charge in [-0.25, -0.2) is 0 Å². The Hall–Kier alpha value is -0.780. The maximum atomic E-state index is 13.9. The molecule has 4 saturated carbocycles. The number of likely N-dealkylation sites (tertiary alicyclic amines) is 1. The lowest BCUT2D eigenvalue weighted by molar-refractivity contribution is -0.284. The zero-order chi connectivity index (χ0) is 18.6. The molecule has 1 N–H and O–H groups in total. The minimum absolute atomic E-state index is 0.0484. The summed E-state index contributed by atoms with van der Waals surface area (Å²) in [7, 11) is 1.95.